The first kappa shape index (κ1) is 33.0. The van der Waals surface area contributed by atoms with Gasteiger partial charge in [0.15, 0.2) is 0 Å². The van der Waals surface area contributed by atoms with E-state index in [0.29, 0.717) is 26.1 Å². The van der Waals surface area contributed by atoms with E-state index in [4.69, 9.17) is 9.47 Å². The Bertz CT molecular complexity index is 395. The van der Waals surface area contributed by atoms with Gasteiger partial charge in [0.25, 0.3) is 0 Å². The minimum absolute atomic E-state index is 0. The number of carbonyl (C=O) groups excluding carboxylic acids is 2. The van der Waals surface area contributed by atoms with Gasteiger partial charge in [-0.2, -0.15) is 0 Å². The Balaban J connectivity index is -0.00000312. The molecule has 0 N–H and O–H groups in total. The second-order valence-corrected chi connectivity index (χ2v) is 9.21. The van der Waals surface area contributed by atoms with E-state index < -0.39 is 0 Å². The number of rotatable bonds is 13. The van der Waals surface area contributed by atoms with Crippen LogP contribution in [0, 0.1) is 0 Å². The molecule has 0 aliphatic heterocycles. The Morgan fingerprint density at radius 2 is 0.929 bits per heavy atom. The second kappa shape index (κ2) is 16.1. The molecule has 0 aromatic heterocycles. The van der Waals surface area contributed by atoms with Gasteiger partial charge in [0.2, 0.25) is 0 Å². The highest BCUT2D eigenvalue weighted by Gasteiger charge is 2.20. The van der Waals surface area contributed by atoms with Gasteiger partial charge in [0.1, 0.15) is 25.3 Å². The topological polar surface area (TPSA) is 52.6 Å². The summed E-state index contributed by atoms with van der Waals surface area (Å²) in [6, 6.07) is 0.564. The van der Waals surface area contributed by atoms with E-state index >= 15 is 0 Å². The van der Waals surface area contributed by atoms with Crippen LogP contribution in [0.15, 0.2) is 0 Å². The van der Waals surface area contributed by atoms with Gasteiger partial charge in [0, 0.05) is 12.8 Å². The number of hydrogen-bond donors (Lipinski definition) is 0. The molecule has 0 aromatic rings. The van der Waals surface area contributed by atoms with E-state index in [-0.39, 0.29) is 72.0 Å². The molecule has 0 saturated carbocycles. The van der Waals surface area contributed by atoms with Crippen molar-refractivity contribution in [3.05, 3.63) is 0 Å². The number of esters is 2. The highest BCUT2D eigenvalue weighted by molar-refractivity contribution is 5.69. The number of unbranched alkanes of at least 4 members (excludes halogenated alkanes) is 3. The summed E-state index contributed by atoms with van der Waals surface area (Å²) >= 11 is 0. The average Bonchev–Trinajstić information content (AvgIpc) is 2.51. The molecule has 2 atom stereocenters. The zero-order chi connectivity index (χ0) is 20.4. The molecule has 28 heavy (non-hydrogen) atoms. The van der Waals surface area contributed by atoms with E-state index in [0.717, 1.165) is 34.6 Å². The molecule has 0 aliphatic rings. The van der Waals surface area contributed by atoms with Crippen molar-refractivity contribution in [1.82, 2.24) is 0 Å². The van der Waals surface area contributed by atoms with Gasteiger partial charge in [-0.1, -0.05) is 12.8 Å². The van der Waals surface area contributed by atoms with Crippen LogP contribution in [0.4, 0.5) is 0 Å². The van der Waals surface area contributed by atoms with Gasteiger partial charge >= 0.3 is 11.9 Å². The van der Waals surface area contributed by atoms with Crippen molar-refractivity contribution >= 4 is 11.9 Å². The summed E-state index contributed by atoms with van der Waals surface area (Å²) in [5, 5.41) is 0. The minimum Gasteiger partial charge on any atom is -1.00 e. The molecule has 0 fully saturated rings. The molecule has 0 bridgehead atoms. The monoisotopic (exact) mass is 628 g/mol. The van der Waals surface area contributed by atoms with Crippen molar-refractivity contribution in [3.8, 4) is 0 Å². The van der Waals surface area contributed by atoms with Crippen LogP contribution in [0.25, 0.3) is 0 Å². The molecule has 0 saturated heterocycles. The first-order valence-electron chi connectivity index (χ1n) is 9.77. The standard InChI is InChI=1S/C20H42N2O4.2HI/c1-17(21(3,4)5)15-25-19(23)13-11-9-10-12-14-20(24)26-16-18(2)22(6,7)8;;/h17-18H,9-16H2,1-8H3;2*1H/q+2;;/p-2. The summed E-state index contributed by atoms with van der Waals surface area (Å²) in [7, 11) is 12.5. The summed E-state index contributed by atoms with van der Waals surface area (Å²) in [6.45, 7) is 5.07. The van der Waals surface area contributed by atoms with E-state index in [1.165, 1.54) is 0 Å². The normalized spacial score (nSPS) is 13.6. The lowest BCUT2D eigenvalue weighted by atomic mass is 10.1. The fourth-order valence-electron chi connectivity index (χ4n) is 1.91. The van der Waals surface area contributed by atoms with E-state index in [1.807, 2.05) is 0 Å². The quantitative estimate of drug-likeness (QED) is 0.0926. The van der Waals surface area contributed by atoms with Crippen molar-refractivity contribution < 1.29 is 76.0 Å². The predicted octanol–water partition coefficient (Wildman–Crippen LogP) is -3.39. The maximum atomic E-state index is 11.7. The second-order valence-electron chi connectivity index (χ2n) is 9.21. The maximum absolute atomic E-state index is 11.7. The van der Waals surface area contributed by atoms with Gasteiger partial charge in [0.05, 0.1) is 42.3 Å². The molecular weight excluding hydrogens is 586 g/mol. The molecule has 0 rings (SSSR count). The van der Waals surface area contributed by atoms with Gasteiger partial charge in [-0.05, 0) is 26.7 Å². The first-order chi connectivity index (χ1) is 11.8. The van der Waals surface area contributed by atoms with Crippen LogP contribution in [0.2, 0.25) is 0 Å². The Morgan fingerprint density at radius 1 is 0.643 bits per heavy atom. The number of likely N-dealkylation sites (N-methyl/N-ethyl adjacent to an activating group) is 2. The summed E-state index contributed by atoms with van der Waals surface area (Å²) in [5.41, 5.74) is 0. The van der Waals surface area contributed by atoms with Crippen LogP contribution in [-0.4, -0.2) is 88.5 Å². The Morgan fingerprint density at radius 3 is 1.18 bits per heavy atom. The van der Waals surface area contributed by atoms with Gasteiger partial charge in [-0.15, -0.1) is 0 Å². The number of nitrogens with zero attached hydrogens (tertiary/aromatic N) is 2. The molecule has 8 heteroatoms. The van der Waals surface area contributed by atoms with Gasteiger partial charge in [-0.3, -0.25) is 9.59 Å². The summed E-state index contributed by atoms with van der Waals surface area (Å²) in [5.74, 6) is -0.252. The van der Waals surface area contributed by atoms with Crippen LogP contribution >= 0.6 is 0 Å². The van der Waals surface area contributed by atoms with Crippen LogP contribution in [0.1, 0.15) is 52.4 Å². The van der Waals surface area contributed by atoms with Crippen LogP contribution in [-0.2, 0) is 19.1 Å². The molecule has 0 heterocycles. The number of halogens is 2. The Hall–Kier alpha value is 0.320. The highest BCUT2D eigenvalue weighted by atomic mass is 127. The van der Waals surface area contributed by atoms with Crippen LogP contribution in [0.3, 0.4) is 0 Å². The van der Waals surface area contributed by atoms with Crippen LogP contribution < -0.4 is 48.0 Å². The zero-order valence-corrected chi connectivity index (χ0v) is 23.4. The molecule has 0 spiro atoms. The molecule has 2 unspecified atom stereocenters. The lowest BCUT2D eigenvalue weighted by Gasteiger charge is -2.31. The fraction of sp³-hybridized carbons (Fsp3) is 0.900. The number of hydrogen-bond acceptors (Lipinski definition) is 4. The van der Waals surface area contributed by atoms with E-state index in [2.05, 4.69) is 56.1 Å². The van der Waals surface area contributed by atoms with Gasteiger partial charge in [-0.25, -0.2) is 0 Å². The maximum Gasteiger partial charge on any atom is 0.306 e. The molecule has 0 aliphatic carbocycles. The average molecular weight is 628 g/mol. The largest absolute Gasteiger partial charge is 1.00 e. The summed E-state index contributed by atoms with van der Waals surface area (Å²) < 4.78 is 12.2. The molecule has 0 radical (unpaired) electrons. The Labute approximate surface area is 206 Å². The van der Waals surface area contributed by atoms with E-state index in [1.54, 1.807) is 0 Å². The van der Waals surface area contributed by atoms with Crippen molar-refractivity contribution in [2.75, 3.05) is 55.5 Å². The predicted molar refractivity (Wildman–Crippen MR) is 105 cm³/mol. The first-order valence-corrected chi connectivity index (χ1v) is 9.77. The van der Waals surface area contributed by atoms with Crippen molar-refractivity contribution in [3.63, 3.8) is 0 Å². The molecule has 170 valence electrons. The lowest BCUT2D eigenvalue weighted by Crippen LogP contribution is -3.00. The molecule has 0 amide bonds. The third kappa shape index (κ3) is 17.2. The van der Waals surface area contributed by atoms with Crippen molar-refractivity contribution in [2.45, 2.75) is 64.5 Å². The number of carbonyl (C=O) groups is 2. The van der Waals surface area contributed by atoms with Crippen molar-refractivity contribution in [1.29, 1.82) is 0 Å². The number of quaternary nitrogens is 2. The fourth-order valence-corrected chi connectivity index (χ4v) is 1.91. The third-order valence-electron chi connectivity index (χ3n) is 5.13. The van der Waals surface area contributed by atoms with E-state index in [9.17, 15) is 9.59 Å². The number of ether oxygens (including phenoxy) is 2. The van der Waals surface area contributed by atoms with Crippen LogP contribution in [0.5, 0.6) is 0 Å². The SMILES string of the molecule is CC(COC(=O)CCCCCCC(=O)OCC(C)[N+](C)(C)C)[N+](C)(C)C.[I-].[I-]. The molecular formula is C20H42I2N2O4. The minimum atomic E-state index is -0.126. The molecule has 0 aromatic carbocycles. The lowest BCUT2D eigenvalue weighted by molar-refractivity contribution is -0.894. The summed E-state index contributed by atoms with van der Waals surface area (Å²) in [6.07, 6.45) is 4.39. The summed E-state index contributed by atoms with van der Waals surface area (Å²) in [4.78, 5) is 23.5. The Kier molecular flexibility index (Phi) is 18.9. The zero-order valence-electron chi connectivity index (χ0n) is 19.1. The third-order valence-corrected chi connectivity index (χ3v) is 5.13. The smallest absolute Gasteiger partial charge is 0.306 e. The van der Waals surface area contributed by atoms with Crippen molar-refractivity contribution in [2.24, 2.45) is 0 Å². The van der Waals surface area contributed by atoms with Gasteiger partial charge < -0.3 is 66.4 Å². The highest BCUT2D eigenvalue weighted by Crippen LogP contribution is 2.09. The molecule has 6 nitrogen and oxygen atoms in total.